The van der Waals surface area contributed by atoms with Gasteiger partial charge in [0.25, 0.3) is 0 Å². The van der Waals surface area contributed by atoms with Crippen LogP contribution in [0.15, 0.2) is 78.6 Å². The van der Waals surface area contributed by atoms with Gasteiger partial charge in [-0.2, -0.15) is 0 Å². The van der Waals surface area contributed by atoms with Crippen molar-refractivity contribution in [2.45, 2.75) is 0 Å². The zero-order valence-corrected chi connectivity index (χ0v) is 12.7. The number of ketones is 1. The summed E-state index contributed by atoms with van der Waals surface area (Å²) in [6.07, 6.45) is 1.74. The van der Waals surface area contributed by atoms with Gasteiger partial charge < -0.3 is 4.74 Å². The molecule has 0 spiro atoms. The molecule has 24 heavy (non-hydrogen) atoms. The van der Waals surface area contributed by atoms with Gasteiger partial charge in [0.05, 0.1) is 5.56 Å². The minimum atomic E-state index is -0.278. The molecule has 3 aromatic rings. The van der Waals surface area contributed by atoms with Crippen LogP contribution in [0.25, 0.3) is 17.2 Å². The topological polar surface area (TPSA) is 26.3 Å². The summed E-state index contributed by atoms with van der Waals surface area (Å²) in [5, 5.41) is 0. The molecule has 0 aliphatic carbocycles. The Morgan fingerprint density at radius 2 is 1.54 bits per heavy atom. The number of rotatable bonds is 2. The maximum atomic E-state index is 13.1. The minimum absolute atomic E-state index is 0.125. The third-order valence-corrected chi connectivity index (χ3v) is 3.94. The standard InChI is InChI=1S/C21H13FO2/c22-17-9-6-15(7-10-17)16-8-11-18-19(13-16)24-20(21(18)23)12-14-4-2-1-3-5-14/h1-13H/b20-12-. The van der Waals surface area contributed by atoms with Gasteiger partial charge in [0.1, 0.15) is 11.6 Å². The molecule has 0 bridgehead atoms. The number of fused-ring (bicyclic) bond motifs is 1. The monoisotopic (exact) mass is 316 g/mol. The first-order chi connectivity index (χ1) is 11.7. The van der Waals surface area contributed by atoms with Crippen molar-refractivity contribution in [1.29, 1.82) is 0 Å². The second kappa shape index (κ2) is 5.78. The Balaban J connectivity index is 1.69. The molecule has 0 radical (unpaired) electrons. The summed E-state index contributed by atoms with van der Waals surface area (Å²) in [7, 11) is 0. The van der Waals surface area contributed by atoms with Gasteiger partial charge >= 0.3 is 0 Å². The number of halogens is 1. The van der Waals surface area contributed by atoms with Crippen molar-refractivity contribution in [3.05, 3.63) is 95.5 Å². The average Bonchev–Trinajstić information content (AvgIpc) is 2.92. The van der Waals surface area contributed by atoms with E-state index in [2.05, 4.69) is 0 Å². The van der Waals surface area contributed by atoms with E-state index in [1.54, 1.807) is 24.3 Å². The highest BCUT2D eigenvalue weighted by Gasteiger charge is 2.27. The van der Waals surface area contributed by atoms with Crippen LogP contribution in [-0.2, 0) is 0 Å². The highest BCUT2D eigenvalue weighted by Crippen LogP contribution is 2.35. The number of benzene rings is 3. The number of ether oxygens (including phenoxy) is 1. The Labute approximate surface area is 138 Å². The summed E-state index contributed by atoms with van der Waals surface area (Å²) in [4.78, 5) is 12.5. The number of allylic oxidation sites excluding steroid dienone is 1. The van der Waals surface area contributed by atoms with Crippen molar-refractivity contribution >= 4 is 11.9 Å². The summed E-state index contributed by atoms with van der Waals surface area (Å²) in [5.41, 5.74) is 3.20. The lowest BCUT2D eigenvalue weighted by Gasteiger charge is -2.04. The van der Waals surface area contributed by atoms with Crippen molar-refractivity contribution in [3.8, 4) is 16.9 Å². The number of hydrogen-bond acceptors (Lipinski definition) is 2. The zero-order chi connectivity index (χ0) is 16.5. The number of carbonyl (C=O) groups is 1. The predicted octanol–water partition coefficient (Wildman–Crippen LogP) is 5.11. The fourth-order valence-corrected chi connectivity index (χ4v) is 2.71. The molecule has 4 rings (SSSR count). The Bertz CT molecular complexity index is 941. The first kappa shape index (κ1) is 14.4. The van der Waals surface area contributed by atoms with Crippen LogP contribution in [0.4, 0.5) is 4.39 Å². The van der Waals surface area contributed by atoms with Gasteiger partial charge in [-0.1, -0.05) is 48.5 Å². The number of carbonyl (C=O) groups excluding carboxylic acids is 1. The van der Waals surface area contributed by atoms with E-state index in [9.17, 15) is 9.18 Å². The molecule has 0 fully saturated rings. The van der Waals surface area contributed by atoms with Gasteiger partial charge in [-0.3, -0.25) is 4.79 Å². The van der Waals surface area contributed by atoms with Gasteiger partial charge in [-0.05, 0) is 47.0 Å². The second-order valence-electron chi connectivity index (χ2n) is 5.57. The predicted molar refractivity (Wildman–Crippen MR) is 91.2 cm³/mol. The minimum Gasteiger partial charge on any atom is -0.452 e. The molecule has 1 aliphatic heterocycles. The van der Waals surface area contributed by atoms with Crippen molar-refractivity contribution in [3.63, 3.8) is 0 Å². The molecule has 0 amide bonds. The van der Waals surface area contributed by atoms with Gasteiger partial charge in [0.2, 0.25) is 5.78 Å². The second-order valence-corrected chi connectivity index (χ2v) is 5.57. The number of Topliss-reactive ketones (excluding diaryl/α,β-unsaturated/α-hetero) is 1. The van der Waals surface area contributed by atoms with E-state index in [1.165, 1.54) is 12.1 Å². The summed E-state index contributed by atoms with van der Waals surface area (Å²) in [6.45, 7) is 0. The van der Waals surface area contributed by atoms with Crippen LogP contribution < -0.4 is 4.74 Å². The Morgan fingerprint density at radius 3 is 2.29 bits per heavy atom. The SMILES string of the molecule is O=C1/C(=C/c2ccccc2)Oc2cc(-c3ccc(F)cc3)ccc21. The highest BCUT2D eigenvalue weighted by atomic mass is 19.1. The van der Waals surface area contributed by atoms with Crippen molar-refractivity contribution in [1.82, 2.24) is 0 Å². The van der Waals surface area contributed by atoms with Crippen LogP contribution in [0, 0.1) is 5.82 Å². The Kier molecular flexibility index (Phi) is 3.47. The van der Waals surface area contributed by atoms with E-state index < -0.39 is 0 Å². The number of hydrogen-bond donors (Lipinski definition) is 0. The molecule has 3 aromatic carbocycles. The fraction of sp³-hybridized carbons (Fsp3) is 0. The van der Waals surface area contributed by atoms with Crippen molar-refractivity contribution in [2.75, 3.05) is 0 Å². The summed E-state index contributed by atoms with van der Waals surface area (Å²) < 4.78 is 18.8. The molecule has 0 N–H and O–H groups in total. The molecule has 1 aliphatic rings. The van der Waals surface area contributed by atoms with Gasteiger partial charge in [-0.15, -0.1) is 0 Å². The third-order valence-electron chi connectivity index (χ3n) is 3.94. The molecule has 0 saturated heterocycles. The quantitative estimate of drug-likeness (QED) is 0.614. The smallest absolute Gasteiger partial charge is 0.231 e. The van der Waals surface area contributed by atoms with Crippen LogP contribution in [0.2, 0.25) is 0 Å². The molecular weight excluding hydrogens is 303 g/mol. The van der Waals surface area contributed by atoms with Crippen LogP contribution >= 0.6 is 0 Å². The van der Waals surface area contributed by atoms with Crippen LogP contribution in [0.1, 0.15) is 15.9 Å². The fourth-order valence-electron chi connectivity index (χ4n) is 2.71. The maximum absolute atomic E-state index is 13.1. The Morgan fingerprint density at radius 1 is 0.833 bits per heavy atom. The average molecular weight is 316 g/mol. The van der Waals surface area contributed by atoms with Gasteiger partial charge in [0, 0.05) is 0 Å². The molecule has 0 aromatic heterocycles. The maximum Gasteiger partial charge on any atom is 0.231 e. The molecule has 3 heteroatoms. The highest BCUT2D eigenvalue weighted by molar-refractivity contribution is 6.14. The molecule has 1 heterocycles. The van der Waals surface area contributed by atoms with Crippen LogP contribution in [0.3, 0.4) is 0 Å². The lowest BCUT2D eigenvalue weighted by Crippen LogP contribution is -1.97. The van der Waals surface area contributed by atoms with Crippen LogP contribution in [-0.4, -0.2) is 5.78 Å². The molecule has 0 atom stereocenters. The van der Waals surface area contributed by atoms with E-state index in [1.807, 2.05) is 42.5 Å². The van der Waals surface area contributed by atoms with E-state index in [4.69, 9.17) is 4.74 Å². The first-order valence-corrected chi connectivity index (χ1v) is 7.60. The van der Waals surface area contributed by atoms with Crippen molar-refractivity contribution < 1.29 is 13.9 Å². The lowest BCUT2D eigenvalue weighted by atomic mass is 10.0. The summed E-state index contributed by atoms with van der Waals surface area (Å²) >= 11 is 0. The zero-order valence-electron chi connectivity index (χ0n) is 12.7. The molecule has 0 saturated carbocycles. The summed E-state index contributed by atoms with van der Waals surface area (Å²) in [6, 6.07) is 21.2. The lowest BCUT2D eigenvalue weighted by molar-refractivity contribution is 0.101. The van der Waals surface area contributed by atoms with Gasteiger partial charge in [-0.25, -0.2) is 4.39 Å². The first-order valence-electron chi connectivity index (χ1n) is 7.60. The third kappa shape index (κ3) is 2.61. The van der Waals surface area contributed by atoms with E-state index >= 15 is 0 Å². The van der Waals surface area contributed by atoms with Crippen molar-refractivity contribution in [2.24, 2.45) is 0 Å². The van der Waals surface area contributed by atoms with Gasteiger partial charge in [0.15, 0.2) is 5.76 Å². The van der Waals surface area contributed by atoms with Crippen LogP contribution in [0.5, 0.6) is 5.75 Å². The van der Waals surface area contributed by atoms with E-state index in [0.29, 0.717) is 17.1 Å². The molecular formula is C21H13FO2. The van der Waals surface area contributed by atoms with E-state index in [0.717, 1.165) is 16.7 Å². The molecule has 2 nitrogen and oxygen atoms in total. The van der Waals surface area contributed by atoms with E-state index in [-0.39, 0.29) is 11.6 Å². The normalized spacial score (nSPS) is 14.5. The Hall–Kier alpha value is -3.20. The summed E-state index contributed by atoms with van der Waals surface area (Å²) in [5.74, 6) is 0.440. The molecule has 0 unspecified atom stereocenters. The molecule has 116 valence electrons. The largest absolute Gasteiger partial charge is 0.452 e.